The molecule has 2 rings (SSSR count). The van der Waals surface area contributed by atoms with Gasteiger partial charge in [0.1, 0.15) is 12.2 Å². The fourth-order valence-electron chi connectivity index (χ4n) is 3.49. The van der Waals surface area contributed by atoms with E-state index in [-0.39, 0.29) is 5.97 Å². The molecule has 1 aliphatic rings. The monoisotopic (exact) mass is 410 g/mol. The SMILES string of the molecule is CCCCCCOc1nsnc1C1=CCC[N+](C)(C(C)(C)OC(=O)CCC)C1. The van der Waals surface area contributed by atoms with Crippen LogP contribution in [0.1, 0.15) is 78.3 Å². The average molecular weight is 411 g/mol. The smallest absolute Gasteiger partial charge is 0.310 e. The predicted octanol–water partition coefficient (Wildman–Crippen LogP) is 4.81. The van der Waals surface area contributed by atoms with Gasteiger partial charge in [-0.3, -0.25) is 9.28 Å². The highest BCUT2D eigenvalue weighted by molar-refractivity contribution is 6.99. The fourth-order valence-corrected chi connectivity index (χ4v) is 4.02. The van der Waals surface area contributed by atoms with E-state index in [1.54, 1.807) is 0 Å². The molecule has 0 radical (unpaired) electrons. The number of rotatable bonds is 11. The summed E-state index contributed by atoms with van der Waals surface area (Å²) in [7, 11) is 2.15. The molecule has 0 aliphatic carbocycles. The Balaban J connectivity index is 2.05. The first-order valence-corrected chi connectivity index (χ1v) is 11.3. The molecule has 158 valence electrons. The Kier molecular flexibility index (Phi) is 8.43. The Morgan fingerprint density at radius 3 is 2.71 bits per heavy atom. The molecule has 28 heavy (non-hydrogen) atoms. The Labute approximate surface area is 173 Å². The molecular weight excluding hydrogens is 374 g/mol. The number of ether oxygens (including phenoxy) is 2. The molecule has 0 aromatic carbocycles. The van der Waals surface area contributed by atoms with Crippen LogP contribution >= 0.6 is 11.7 Å². The Bertz CT molecular complexity index is 672. The average Bonchev–Trinajstić information content (AvgIpc) is 3.10. The summed E-state index contributed by atoms with van der Waals surface area (Å²) in [6, 6.07) is 0. The van der Waals surface area contributed by atoms with Crippen LogP contribution in [0.15, 0.2) is 6.08 Å². The van der Waals surface area contributed by atoms with Crippen LogP contribution in [0.4, 0.5) is 0 Å². The molecule has 2 heterocycles. The number of hydrogen-bond donors (Lipinski definition) is 0. The Morgan fingerprint density at radius 1 is 1.21 bits per heavy atom. The number of carbonyl (C=O) groups excluding carboxylic acids is 1. The maximum absolute atomic E-state index is 12.1. The van der Waals surface area contributed by atoms with E-state index in [9.17, 15) is 4.79 Å². The third-order valence-corrected chi connectivity index (χ3v) is 6.16. The molecule has 0 amide bonds. The second-order valence-corrected chi connectivity index (χ2v) is 8.82. The second-order valence-electron chi connectivity index (χ2n) is 8.29. The lowest BCUT2D eigenvalue weighted by atomic mass is 10.0. The summed E-state index contributed by atoms with van der Waals surface area (Å²) in [6.45, 7) is 10.5. The van der Waals surface area contributed by atoms with E-state index in [2.05, 4.69) is 28.8 Å². The number of aromatic nitrogens is 2. The third kappa shape index (κ3) is 5.77. The van der Waals surface area contributed by atoms with Gasteiger partial charge in [0.2, 0.25) is 5.72 Å². The van der Waals surface area contributed by atoms with Gasteiger partial charge in [-0.2, -0.15) is 4.37 Å². The molecule has 1 unspecified atom stereocenters. The zero-order chi connectivity index (χ0) is 20.6. The van der Waals surface area contributed by atoms with Gasteiger partial charge in [-0.15, -0.1) is 4.37 Å². The summed E-state index contributed by atoms with van der Waals surface area (Å²) in [5.74, 6) is 0.511. The molecule has 0 N–H and O–H groups in total. The lowest BCUT2D eigenvalue weighted by molar-refractivity contribution is -0.971. The lowest BCUT2D eigenvalue weighted by Crippen LogP contribution is -2.62. The molecule has 1 aromatic heterocycles. The maximum Gasteiger partial charge on any atom is 0.310 e. The van der Waals surface area contributed by atoms with Crippen molar-refractivity contribution in [3.8, 4) is 5.88 Å². The van der Waals surface area contributed by atoms with E-state index < -0.39 is 5.72 Å². The number of esters is 1. The highest BCUT2D eigenvalue weighted by Gasteiger charge is 2.45. The van der Waals surface area contributed by atoms with Crippen LogP contribution in [-0.2, 0) is 9.53 Å². The van der Waals surface area contributed by atoms with E-state index in [0.717, 1.165) is 43.6 Å². The minimum absolute atomic E-state index is 0.130. The van der Waals surface area contributed by atoms with Crippen molar-refractivity contribution in [2.75, 3.05) is 26.7 Å². The number of unbranched alkanes of at least 4 members (excludes halogenated alkanes) is 3. The molecule has 0 spiro atoms. The molecular formula is C21H36N3O3S+. The Morgan fingerprint density at radius 2 is 2.00 bits per heavy atom. The van der Waals surface area contributed by atoms with Crippen LogP contribution in [0.3, 0.4) is 0 Å². The summed E-state index contributed by atoms with van der Waals surface area (Å²) in [5, 5.41) is 0. The van der Waals surface area contributed by atoms with Gasteiger partial charge in [0.05, 0.1) is 31.9 Å². The molecule has 6 nitrogen and oxygen atoms in total. The van der Waals surface area contributed by atoms with Crippen molar-refractivity contribution in [2.24, 2.45) is 0 Å². The summed E-state index contributed by atoms with van der Waals surface area (Å²) in [5.41, 5.74) is 1.38. The highest BCUT2D eigenvalue weighted by atomic mass is 32.1. The third-order valence-electron chi connectivity index (χ3n) is 5.65. The van der Waals surface area contributed by atoms with Gasteiger partial charge in [-0.1, -0.05) is 39.2 Å². The maximum atomic E-state index is 12.1. The van der Waals surface area contributed by atoms with E-state index in [1.165, 1.54) is 31.0 Å². The van der Waals surface area contributed by atoms with Crippen molar-refractivity contribution in [3.05, 3.63) is 11.8 Å². The van der Waals surface area contributed by atoms with Gasteiger partial charge >= 0.3 is 5.97 Å². The standard InChI is InChI=1S/C21H36N3O3S/c1-6-8-9-10-15-26-20-19(22-28-23-20)17-13-11-14-24(5,16-17)21(3,4)27-18(25)12-7-2/h13H,6-12,14-16H2,1-5H3/q+1. The first-order valence-electron chi connectivity index (χ1n) is 10.5. The molecule has 1 atom stereocenters. The largest absolute Gasteiger partial charge is 0.475 e. The first kappa shape index (κ1) is 22.8. The molecule has 0 saturated heterocycles. The molecule has 0 bridgehead atoms. The summed E-state index contributed by atoms with van der Waals surface area (Å²) < 4.78 is 21.3. The quantitative estimate of drug-likeness (QED) is 0.298. The van der Waals surface area contributed by atoms with Gasteiger partial charge in [-0.05, 0) is 12.8 Å². The van der Waals surface area contributed by atoms with Crippen LogP contribution in [-0.4, -0.2) is 51.7 Å². The van der Waals surface area contributed by atoms with E-state index in [1.807, 2.05) is 20.8 Å². The first-order chi connectivity index (χ1) is 13.3. The predicted molar refractivity (Wildman–Crippen MR) is 113 cm³/mol. The van der Waals surface area contributed by atoms with Crippen LogP contribution in [0.25, 0.3) is 5.57 Å². The topological polar surface area (TPSA) is 61.3 Å². The number of nitrogens with zero attached hydrogens (tertiary/aromatic N) is 3. The van der Waals surface area contributed by atoms with Gasteiger partial charge in [0.25, 0.3) is 5.88 Å². The van der Waals surface area contributed by atoms with Gasteiger partial charge in [-0.25, -0.2) is 0 Å². The summed E-state index contributed by atoms with van der Waals surface area (Å²) >= 11 is 1.19. The van der Waals surface area contributed by atoms with Crippen molar-refractivity contribution < 1.29 is 18.8 Å². The number of likely N-dealkylation sites (N-methyl/N-ethyl adjacent to an activating group) is 1. The summed E-state index contributed by atoms with van der Waals surface area (Å²) in [6.07, 6.45) is 9.06. The number of hydrogen-bond acceptors (Lipinski definition) is 6. The van der Waals surface area contributed by atoms with Crippen LogP contribution in [0.5, 0.6) is 5.88 Å². The molecule has 1 aromatic rings. The highest BCUT2D eigenvalue weighted by Crippen LogP contribution is 2.35. The molecule has 0 saturated carbocycles. The Hall–Kier alpha value is -1.47. The minimum atomic E-state index is -0.601. The zero-order valence-corrected chi connectivity index (χ0v) is 18.9. The molecule has 0 fully saturated rings. The number of quaternary nitrogens is 1. The van der Waals surface area contributed by atoms with Crippen molar-refractivity contribution in [1.29, 1.82) is 0 Å². The molecule has 7 heteroatoms. The van der Waals surface area contributed by atoms with E-state index in [4.69, 9.17) is 9.47 Å². The van der Waals surface area contributed by atoms with Crippen LogP contribution < -0.4 is 4.74 Å². The van der Waals surface area contributed by atoms with Crippen molar-refractivity contribution in [1.82, 2.24) is 8.75 Å². The fraction of sp³-hybridized carbons (Fsp3) is 0.762. The summed E-state index contributed by atoms with van der Waals surface area (Å²) in [4.78, 5) is 12.1. The second kappa shape index (κ2) is 10.3. The van der Waals surface area contributed by atoms with Crippen LogP contribution in [0, 0.1) is 0 Å². The lowest BCUT2D eigenvalue weighted by Gasteiger charge is -2.47. The minimum Gasteiger partial charge on any atom is -0.475 e. The number of carbonyl (C=O) groups is 1. The zero-order valence-electron chi connectivity index (χ0n) is 18.1. The van der Waals surface area contributed by atoms with Gasteiger partial charge in [0, 0.05) is 32.3 Å². The van der Waals surface area contributed by atoms with E-state index in [0.29, 0.717) is 23.4 Å². The van der Waals surface area contributed by atoms with Crippen molar-refractivity contribution >= 4 is 23.3 Å². The normalized spacial score (nSPS) is 20.0. The van der Waals surface area contributed by atoms with E-state index >= 15 is 0 Å². The van der Waals surface area contributed by atoms with Crippen molar-refractivity contribution in [3.63, 3.8) is 0 Å². The van der Waals surface area contributed by atoms with Gasteiger partial charge < -0.3 is 9.47 Å². The van der Waals surface area contributed by atoms with Crippen molar-refractivity contribution in [2.45, 2.75) is 78.4 Å². The molecule has 1 aliphatic heterocycles. The van der Waals surface area contributed by atoms with Gasteiger partial charge in [0.15, 0.2) is 0 Å². The van der Waals surface area contributed by atoms with Crippen LogP contribution in [0.2, 0.25) is 0 Å².